The zero-order valence-corrected chi connectivity index (χ0v) is 11.9. The van der Waals surface area contributed by atoms with E-state index in [0.717, 1.165) is 0 Å². The minimum absolute atomic E-state index is 0.247. The lowest BCUT2D eigenvalue weighted by molar-refractivity contribution is -0.118. The van der Waals surface area contributed by atoms with E-state index in [0.29, 0.717) is 13.1 Å². The molecule has 0 fully saturated rings. The average molecular weight is 422 g/mol. The van der Waals surface area contributed by atoms with Gasteiger partial charge < -0.3 is 10.6 Å². The van der Waals surface area contributed by atoms with E-state index in [1.165, 1.54) is 12.2 Å². The molecule has 14 heavy (non-hydrogen) atoms. The Balaban J connectivity index is 0. The number of nitrogens with one attached hydrogen (secondary N) is 2. The lowest BCUT2D eigenvalue weighted by Crippen LogP contribution is -2.32. The van der Waals surface area contributed by atoms with Crippen molar-refractivity contribution in [2.45, 2.75) is 0 Å². The Morgan fingerprint density at radius 1 is 1.00 bits per heavy atom. The van der Waals surface area contributed by atoms with E-state index >= 15 is 0 Å². The fourth-order valence-corrected chi connectivity index (χ4v) is 0.516. The van der Waals surface area contributed by atoms with E-state index in [1.807, 2.05) is 0 Å². The molecule has 0 aromatic carbocycles. The predicted octanol–water partition coefficient (Wildman–Crippen LogP) is 1.36. The van der Waals surface area contributed by atoms with Crippen LogP contribution in [0, 0.1) is 0 Å². The minimum Gasteiger partial charge on any atom is -0.351 e. The summed E-state index contributed by atoms with van der Waals surface area (Å²) in [6, 6.07) is 0. The molecule has 0 bridgehead atoms. The molecular weight excluding hydrogens is 410 g/mol. The van der Waals surface area contributed by atoms with Gasteiger partial charge in [-0.3, -0.25) is 9.59 Å². The number of hydrogen-bond acceptors (Lipinski definition) is 2. The molecular formula is C8H12I2N2O2. The second-order valence-electron chi connectivity index (χ2n) is 1.99. The highest BCUT2D eigenvalue weighted by molar-refractivity contribution is 15.0. The first-order chi connectivity index (χ1) is 6.70. The molecule has 0 unspecified atom stereocenters. The quantitative estimate of drug-likeness (QED) is 0.400. The first-order valence-corrected chi connectivity index (χ1v) is 9.94. The number of halogens is 2. The normalized spacial score (nSPS) is 7.57. The van der Waals surface area contributed by atoms with Gasteiger partial charge in [0, 0.05) is 50.3 Å². The zero-order chi connectivity index (χ0) is 11.4. The molecule has 0 rings (SSSR count). The highest BCUT2D eigenvalue weighted by Gasteiger charge is 1.93. The number of carbonyl (C=O) groups is 2. The van der Waals surface area contributed by atoms with Crippen LogP contribution in [0.3, 0.4) is 0 Å². The van der Waals surface area contributed by atoms with Gasteiger partial charge in [0.2, 0.25) is 11.8 Å². The SMILES string of the molecule is C=CC(=O)NCCNC(=O)C=C.II. The topological polar surface area (TPSA) is 58.2 Å². The van der Waals surface area contributed by atoms with Gasteiger partial charge in [0.1, 0.15) is 0 Å². The van der Waals surface area contributed by atoms with Crippen molar-refractivity contribution in [1.29, 1.82) is 0 Å². The standard InChI is InChI=1S/C8H12N2O2.I2/c1-3-7(11)9-5-6-10-8(12)4-2;1-2/h3-4H,1-2,5-6H2,(H,9,11)(H,10,12);. The average Bonchev–Trinajstić information content (AvgIpc) is 2.26. The van der Waals surface area contributed by atoms with Crippen LogP contribution in [-0.4, -0.2) is 24.9 Å². The van der Waals surface area contributed by atoms with Gasteiger partial charge in [-0.15, -0.1) is 0 Å². The summed E-state index contributed by atoms with van der Waals surface area (Å²) in [5.74, 6) is -0.495. The molecule has 4 nitrogen and oxygen atoms in total. The second-order valence-corrected chi connectivity index (χ2v) is 1.99. The van der Waals surface area contributed by atoms with Crippen molar-refractivity contribution in [3.8, 4) is 0 Å². The van der Waals surface area contributed by atoms with E-state index in [9.17, 15) is 9.59 Å². The Kier molecular flexibility index (Phi) is 15.0. The van der Waals surface area contributed by atoms with Crippen molar-refractivity contribution < 1.29 is 9.59 Å². The monoisotopic (exact) mass is 422 g/mol. The molecule has 0 aliphatic carbocycles. The fraction of sp³-hybridized carbons (Fsp3) is 0.250. The molecule has 0 aliphatic heterocycles. The van der Waals surface area contributed by atoms with Crippen LogP contribution >= 0.6 is 37.2 Å². The Hall–Kier alpha value is -0.120. The third kappa shape index (κ3) is 11.9. The van der Waals surface area contributed by atoms with Crippen LogP contribution in [0.1, 0.15) is 0 Å². The van der Waals surface area contributed by atoms with E-state index in [2.05, 4.69) is 61.0 Å². The molecule has 0 saturated carbocycles. The highest BCUT2D eigenvalue weighted by atomic mass is 128. The van der Waals surface area contributed by atoms with Crippen LogP contribution < -0.4 is 10.6 Å². The van der Waals surface area contributed by atoms with Crippen molar-refractivity contribution in [3.63, 3.8) is 0 Å². The van der Waals surface area contributed by atoms with Gasteiger partial charge in [0.05, 0.1) is 0 Å². The molecule has 0 atom stereocenters. The van der Waals surface area contributed by atoms with Gasteiger partial charge in [-0.2, -0.15) is 0 Å². The summed E-state index contributed by atoms with van der Waals surface area (Å²) in [7, 11) is 0. The van der Waals surface area contributed by atoms with Crippen molar-refractivity contribution in [2.24, 2.45) is 0 Å². The van der Waals surface area contributed by atoms with Crippen LogP contribution in [0.15, 0.2) is 25.3 Å². The molecule has 6 heteroatoms. The maximum absolute atomic E-state index is 10.6. The lowest BCUT2D eigenvalue weighted by atomic mass is 10.5. The van der Waals surface area contributed by atoms with E-state index in [1.54, 1.807) is 0 Å². The Bertz CT molecular complexity index is 186. The molecule has 2 N–H and O–H groups in total. The number of hydrogen-bond donors (Lipinski definition) is 2. The van der Waals surface area contributed by atoms with E-state index in [4.69, 9.17) is 0 Å². The van der Waals surface area contributed by atoms with Crippen molar-refractivity contribution in [2.75, 3.05) is 13.1 Å². The Labute approximate surface area is 107 Å². The van der Waals surface area contributed by atoms with Gasteiger partial charge in [0.25, 0.3) is 0 Å². The maximum Gasteiger partial charge on any atom is 0.243 e. The third-order valence-corrected chi connectivity index (χ3v) is 1.09. The van der Waals surface area contributed by atoms with Gasteiger partial charge in [-0.05, 0) is 12.2 Å². The largest absolute Gasteiger partial charge is 0.351 e. The highest BCUT2D eigenvalue weighted by Crippen LogP contribution is 1.89. The van der Waals surface area contributed by atoms with Gasteiger partial charge in [0.15, 0.2) is 0 Å². The summed E-state index contributed by atoms with van der Waals surface area (Å²) in [6.07, 6.45) is 2.35. The van der Waals surface area contributed by atoms with E-state index in [-0.39, 0.29) is 11.8 Å². The summed E-state index contributed by atoms with van der Waals surface area (Å²) in [5, 5.41) is 5.01. The number of carbonyl (C=O) groups excluding carboxylic acids is 2. The minimum atomic E-state index is -0.247. The molecule has 0 saturated heterocycles. The van der Waals surface area contributed by atoms with Crippen molar-refractivity contribution in [3.05, 3.63) is 25.3 Å². The molecule has 0 aliphatic rings. The molecule has 0 aromatic heterocycles. The number of amides is 2. The van der Waals surface area contributed by atoms with Gasteiger partial charge in [-0.1, -0.05) is 13.2 Å². The van der Waals surface area contributed by atoms with Crippen LogP contribution in [0.5, 0.6) is 0 Å². The fourth-order valence-electron chi connectivity index (χ4n) is 0.516. The zero-order valence-electron chi connectivity index (χ0n) is 7.56. The van der Waals surface area contributed by atoms with Crippen molar-refractivity contribution in [1.82, 2.24) is 10.6 Å². The summed E-state index contributed by atoms with van der Waals surface area (Å²) in [5.41, 5.74) is 0. The first-order valence-electron chi connectivity index (χ1n) is 3.65. The Morgan fingerprint density at radius 2 is 1.29 bits per heavy atom. The summed E-state index contributed by atoms with van der Waals surface area (Å²) in [4.78, 5) is 21.1. The smallest absolute Gasteiger partial charge is 0.243 e. The van der Waals surface area contributed by atoms with E-state index < -0.39 is 0 Å². The predicted molar refractivity (Wildman–Crippen MR) is 74.5 cm³/mol. The molecule has 0 aromatic rings. The molecule has 0 spiro atoms. The summed E-state index contributed by atoms with van der Waals surface area (Å²) in [6.45, 7) is 7.34. The van der Waals surface area contributed by atoms with Crippen molar-refractivity contribution >= 4 is 49.0 Å². The molecule has 2 amide bonds. The molecule has 80 valence electrons. The summed E-state index contributed by atoms with van der Waals surface area (Å²) < 4.78 is 0. The first kappa shape index (κ1) is 16.3. The van der Waals surface area contributed by atoms with Gasteiger partial charge in [-0.25, -0.2) is 0 Å². The molecule has 0 radical (unpaired) electrons. The third-order valence-electron chi connectivity index (χ3n) is 1.09. The van der Waals surface area contributed by atoms with Gasteiger partial charge >= 0.3 is 0 Å². The summed E-state index contributed by atoms with van der Waals surface area (Å²) >= 11 is 4.24. The van der Waals surface area contributed by atoms with Crippen LogP contribution in [-0.2, 0) is 9.59 Å². The Morgan fingerprint density at radius 3 is 1.50 bits per heavy atom. The second kappa shape index (κ2) is 12.9. The lowest BCUT2D eigenvalue weighted by Gasteiger charge is -2.01. The van der Waals surface area contributed by atoms with Crippen LogP contribution in [0.2, 0.25) is 0 Å². The molecule has 0 heterocycles. The number of rotatable bonds is 5. The maximum atomic E-state index is 10.6. The van der Waals surface area contributed by atoms with Crippen LogP contribution in [0.4, 0.5) is 0 Å². The van der Waals surface area contributed by atoms with Crippen LogP contribution in [0.25, 0.3) is 0 Å².